The Morgan fingerprint density at radius 3 is 3.05 bits per heavy atom. The summed E-state index contributed by atoms with van der Waals surface area (Å²) >= 11 is 0. The second-order valence-electron chi connectivity index (χ2n) is 5.12. The van der Waals surface area contributed by atoms with Crippen molar-refractivity contribution in [1.29, 1.82) is 0 Å². The Morgan fingerprint density at radius 2 is 2.30 bits per heavy atom. The number of nitrogens with one attached hydrogen (secondary N) is 2. The first-order chi connectivity index (χ1) is 9.60. The molecule has 1 heterocycles. The second-order valence-corrected chi connectivity index (χ2v) is 5.12. The van der Waals surface area contributed by atoms with Gasteiger partial charge in [0.15, 0.2) is 6.61 Å². The van der Waals surface area contributed by atoms with E-state index in [9.17, 15) is 9.90 Å². The molecule has 0 fully saturated rings. The summed E-state index contributed by atoms with van der Waals surface area (Å²) in [5.41, 5.74) is 1.81. The molecule has 1 aromatic carbocycles. The van der Waals surface area contributed by atoms with E-state index < -0.39 is 0 Å². The first-order valence-corrected chi connectivity index (χ1v) is 7.08. The fraction of sp³-hybridized carbons (Fsp3) is 0.533. The Bertz CT molecular complexity index is 476. The van der Waals surface area contributed by atoms with Crippen LogP contribution in [0.1, 0.15) is 38.3 Å². The summed E-state index contributed by atoms with van der Waals surface area (Å²) in [5, 5.41) is 15.7. The lowest BCUT2D eigenvalue weighted by atomic mass is 10.1. The first kappa shape index (κ1) is 14.8. The number of anilines is 1. The van der Waals surface area contributed by atoms with Gasteiger partial charge in [-0.25, -0.2) is 0 Å². The monoisotopic (exact) mass is 278 g/mol. The number of carbonyl (C=O) groups is 1. The van der Waals surface area contributed by atoms with Gasteiger partial charge in [0.2, 0.25) is 0 Å². The molecule has 0 bridgehead atoms. The molecule has 1 aromatic rings. The van der Waals surface area contributed by atoms with E-state index in [2.05, 4.69) is 17.6 Å². The van der Waals surface area contributed by atoms with Crippen molar-refractivity contribution in [3.05, 3.63) is 23.8 Å². The molecule has 2 atom stereocenters. The molecule has 1 aliphatic heterocycles. The van der Waals surface area contributed by atoms with Crippen molar-refractivity contribution in [3.8, 4) is 5.75 Å². The highest BCUT2D eigenvalue weighted by Crippen LogP contribution is 2.30. The van der Waals surface area contributed by atoms with Crippen molar-refractivity contribution in [1.82, 2.24) is 5.32 Å². The number of hydrogen-bond acceptors (Lipinski definition) is 4. The SMILES string of the molecule is CCC(O)CCNC(C)c1ccc2c(c1)NC(=O)CO2. The van der Waals surface area contributed by atoms with Crippen molar-refractivity contribution < 1.29 is 14.6 Å². The van der Waals surface area contributed by atoms with Gasteiger partial charge in [0.05, 0.1) is 11.8 Å². The van der Waals surface area contributed by atoms with Gasteiger partial charge in [-0.3, -0.25) is 4.79 Å². The van der Waals surface area contributed by atoms with Crippen LogP contribution in [0.4, 0.5) is 5.69 Å². The topological polar surface area (TPSA) is 70.6 Å². The first-order valence-electron chi connectivity index (χ1n) is 7.08. The molecule has 2 rings (SSSR count). The number of fused-ring (bicyclic) bond motifs is 1. The van der Waals surface area contributed by atoms with Crippen LogP contribution in [0.25, 0.3) is 0 Å². The molecule has 5 nitrogen and oxygen atoms in total. The minimum absolute atomic E-state index is 0.0784. The van der Waals surface area contributed by atoms with E-state index >= 15 is 0 Å². The molecule has 0 aliphatic carbocycles. The largest absolute Gasteiger partial charge is 0.482 e. The van der Waals surface area contributed by atoms with Crippen LogP contribution in [-0.4, -0.2) is 30.3 Å². The van der Waals surface area contributed by atoms with E-state index in [0.29, 0.717) is 5.75 Å². The summed E-state index contributed by atoms with van der Waals surface area (Å²) in [6, 6.07) is 5.96. The van der Waals surface area contributed by atoms with Gasteiger partial charge in [-0.1, -0.05) is 13.0 Å². The molecule has 0 aromatic heterocycles. The predicted molar refractivity (Wildman–Crippen MR) is 77.9 cm³/mol. The highest BCUT2D eigenvalue weighted by Gasteiger charge is 2.17. The zero-order valence-electron chi connectivity index (χ0n) is 12.0. The number of aliphatic hydroxyl groups excluding tert-OH is 1. The second kappa shape index (κ2) is 6.72. The van der Waals surface area contributed by atoms with E-state index in [4.69, 9.17) is 4.74 Å². The normalized spacial score (nSPS) is 16.9. The fourth-order valence-corrected chi connectivity index (χ4v) is 2.16. The lowest BCUT2D eigenvalue weighted by Gasteiger charge is -2.21. The fourth-order valence-electron chi connectivity index (χ4n) is 2.16. The molecular weight excluding hydrogens is 256 g/mol. The number of ether oxygens (including phenoxy) is 1. The van der Waals surface area contributed by atoms with Crippen LogP contribution in [0.3, 0.4) is 0 Å². The van der Waals surface area contributed by atoms with Gasteiger partial charge >= 0.3 is 0 Å². The van der Waals surface area contributed by atoms with Crippen LogP contribution in [0, 0.1) is 0 Å². The minimum Gasteiger partial charge on any atom is -0.482 e. The van der Waals surface area contributed by atoms with E-state index in [1.54, 1.807) is 0 Å². The molecule has 0 saturated heterocycles. The maximum atomic E-state index is 11.3. The zero-order chi connectivity index (χ0) is 14.5. The lowest BCUT2D eigenvalue weighted by Crippen LogP contribution is -2.26. The zero-order valence-corrected chi connectivity index (χ0v) is 12.0. The summed E-state index contributed by atoms with van der Waals surface area (Å²) in [5.74, 6) is 0.586. The van der Waals surface area contributed by atoms with Crippen LogP contribution >= 0.6 is 0 Å². The van der Waals surface area contributed by atoms with Crippen molar-refractivity contribution in [3.63, 3.8) is 0 Å². The summed E-state index contributed by atoms with van der Waals surface area (Å²) < 4.78 is 5.33. The van der Waals surface area contributed by atoms with Crippen LogP contribution < -0.4 is 15.4 Å². The average molecular weight is 278 g/mol. The third-order valence-electron chi connectivity index (χ3n) is 3.54. The number of aliphatic hydroxyl groups is 1. The molecule has 2 unspecified atom stereocenters. The van der Waals surface area contributed by atoms with Gasteiger partial charge in [-0.2, -0.15) is 0 Å². The smallest absolute Gasteiger partial charge is 0.262 e. The molecular formula is C15H22N2O3. The molecule has 0 spiro atoms. The van der Waals surface area contributed by atoms with E-state index in [1.807, 2.05) is 25.1 Å². The highest BCUT2D eigenvalue weighted by molar-refractivity contribution is 5.95. The highest BCUT2D eigenvalue weighted by atomic mass is 16.5. The standard InChI is InChI=1S/C15H22N2O3/c1-3-12(18)6-7-16-10(2)11-4-5-14-13(8-11)17-15(19)9-20-14/h4-5,8,10,12,16,18H,3,6-7,9H2,1-2H3,(H,17,19). The average Bonchev–Trinajstić information content (AvgIpc) is 2.46. The van der Waals surface area contributed by atoms with Crippen molar-refractivity contribution >= 4 is 11.6 Å². The number of rotatable bonds is 6. The Labute approximate surface area is 119 Å². The van der Waals surface area contributed by atoms with Gasteiger partial charge in [0, 0.05) is 6.04 Å². The molecule has 1 amide bonds. The summed E-state index contributed by atoms with van der Waals surface area (Å²) in [6.07, 6.45) is 1.27. The van der Waals surface area contributed by atoms with Crippen molar-refractivity contribution in [2.75, 3.05) is 18.5 Å². The van der Waals surface area contributed by atoms with E-state index in [0.717, 1.165) is 30.6 Å². The predicted octanol–water partition coefficient (Wildman–Crippen LogP) is 1.83. The van der Waals surface area contributed by atoms with Crippen LogP contribution in [0.2, 0.25) is 0 Å². The number of benzene rings is 1. The number of amides is 1. The molecule has 110 valence electrons. The molecule has 0 saturated carbocycles. The Balaban J connectivity index is 1.95. The van der Waals surface area contributed by atoms with Crippen LogP contribution in [0.15, 0.2) is 18.2 Å². The molecule has 0 radical (unpaired) electrons. The summed E-state index contributed by atoms with van der Waals surface area (Å²) in [7, 11) is 0. The lowest BCUT2D eigenvalue weighted by molar-refractivity contribution is -0.118. The summed E-state index contributed by atoms with van der Waals surface area (Å²) in [4.78, 5) is 11.3. The van der Waals surface area contributed by atoms with Gasteiger partial charge in [0.1, 0.15) is 5.75 Å². The molecule has 1 aliphatic rings. The van der Waals surface area contributed by atoms with Crippen molar-refractivity contribution in [2.45, 2.75) is 38.8 Å². The Morgan fingerprint density at radius 1 is 1.50 bits per heavy atom. The van der Waals surface area contributed by atoms with Gasteiger partial charge in [-0.15, -0.1) is 0 Å². The summed E-state index contributed by atoms with van der Waals surface area (Å²) in [6.45, 7) is 4.87. The third-order valence-corrected chi connectivity index (χ3v) is 3.54. The number of hydrogen-bond donors (Lipinski definition) is 3. The van der Waals surface area contributed by atoms with Crippen LogP contribution in [0.5, 0.6) is 5.75 Å². The minimum atomic E-state index is -0.245. The Kier molecular flexibility index (Phi) is 4.98. The molecule has 5 heteroatoms. The van der Waals surface area contributed by atoms with Gasteiger partial charge < -0.3 is 20.5 Å². The van der Waals surface area contributed by atoms with Crippen LogP contribution in [-0.2, 0) is 4.79 Å². The third kappa shape index (κ3) is 3.71. The maximum Gasteiger partial charge on any atom is 0.262 e. The van der Waals surface area contributed by atoms with E-state index in [-0.39, 0.29) is 24.7 Å². The quantitative estimate of drug-likeness (QED) is 0.742. The van der Waals surface area contributed by atoms with Crippen molar-refractivity contribution in [2.24, 2.45) is 0 Å². The van der Waals surface area contributed by atoms with Gasteiger partial charge in [-0.05, 0) is 44.0 Å². The molecule has 20 heavy (non-hydrogen) atoms. The number of carbonyl (C=O) groups excluding carboxylic acids is 1. The molecule has 3 N–H and O–H groups in total. The maximum absolute atomic E-state index is 11.3. The van der Waals surface area contributed by atoms with E-state index in [1.165, 1.54) is 0 Å². The van der Waals surface area contributed by atoms with Gasteiger partial charge in [0.25, 0.3) is 5.91 Å². The Hall–Kier alpha value is -1.59.